The number of anilines is 1. The number of nitro benzene ring substituents is 1. The van der Waals surface area contributed by atoms with E-state index in [1.54, 1.807) is 19.2 Å². The second kappa shape index (κ2) is 10.1. The average Bonchev–Trinajstić information content (AvgIpc) is 2.80. The molecule has 11 heteroatoms. The number of carbonyl (C=O) groups is 1. The number of likely N-dealkylation sites (N-methyl/N-ethyl adjacent to an activating group) is 1. The summed E-state index contributed by atoms with van der Waals surface area (Å²) >= 11 is 0. The first kappa shape index (κ1) is 23.7. The van der Waals surface area contributed by atoms with E-state index >= 15 is 0 Å². The van der Waals surface area contributed by atoms with Gasteiger partial charge in [0.25, 0.3) is 21.6 Å². The fraction of sp³-hybridized carbons (Fsp3) is 0.136. The molecule has 0 saturated heterocycles. The molecule has 0 atom stereocenters. The predicted octanol–water partition coefficient (Wildman–Crippen LogP) is 3.69. The number of rotatable bonds is 9. The molecule has 0 aromatic heterocycles. The zero-order chi connectivity index (χ0) is 24.0. The summed E-state index contributed by atoms with van der Waals surface area (Å²) in [6.45, 7) is 0.290. The molecule has 0 spiro atoms. The Labute approximate surface area is 189 Å². The Morgan fingerprint density at radius 3 is 2.45 bits per heavy atom. The van der Waals surface area contributed by atoms with Crippen LogP contribution in [0.3, 0.4) is 0 Å². The molecule has 0 bridgehead atoms. The summed E-state index contributed by atoms with van der Waals surface area (Å²) < 4.78 is 46.3. The lowest BCUT2D eigenvalue weighted by Gasteiger charge is -2.18. The number of halogens is 1. The summed E-state index contributed by atoms with van der Waals surface area (Å²) in [6, 6.07) is 16.3. The highest BCUT2D eigenvalue weighted by Gasteiger charge is 2.18. The van der Waals surface area contributed by atoms with E-state index in [2.05, 4.69) is 4.72 Å². The van der Waals surface area contributed by atoms with E-state index < -0.39 is 20.8 Å². The number of sulfonamides is 1. The molecule has 33 heavy (non-hydrogen) atoms. The number of benzene rings is 3. The van der Waals surface area contributed by atoms with Crippen LogP contribution in [0.15, 0.2) is 77.7 Å². The number of carbonyl (C=O) groups excluding carboxylic acids is 1. The van der Waals surface area contributed by atoms with Crippen LogP contribution < -0.4 is 9.46 Å². The van der Waals surface area contributed by atoms with Crippen LogP contribution in [0.4, 0.5) is 15.8 Å². The lowest BCUT2D eigenvalue weighted by atomic mass is 10.2. The molecule has 1 amide bonds. The number of nitro groups is 1. The van der Waals surface area contributed by atoms with E-state index in [1.165, 1.54) is 59.5 Å². The number of amides is 1. The lowest BCUT2D eigenvalue weighted by molar-refractivity contribution is -0.385. The SMILES string of the molecule is CN(CCOc1ccccc1F)C(=O)c1ccc(NS(=O)(=O)c2cccc([N+](=O)[O-])c2)cc1. The minimum atomic E-state index is -4.06. The van der Waals surface area contributed by atoms with Crippen molar-refractivity contribution in [2.24, 2.45) is 0 Å². The highest BCUT2D eigenvalue weighted by molar-refractivity contribution is 7.92. The van der Waals surface area contributed by atoms with Crippen LogP contribution in [0.1, 0.15) is 10.4 Å². The maximum absolute atomic E-state index is 13.6. The largest absolute Gasteiger partial charge is 0.489 e. The van der Waals surface area contributed by atoms with Crippen LogP contribution in [-0.4, -0.2) is 44.3 Å². The maximum atomic E-state index is 13.6. The molecule has 0 aliphatic heterocycles. The Balaban J connectivity index is 1.60. The second-order valence-corrected chi connectivity index (χ2v) is 8.63. The fourth-order valence-electron chi connectivity index (χ4n) is 2.84. The quantitative estimate of drug-likeness (QED) is 0.374. The van der Waals surface area contributed by atoms with Gasteiger partial charge in [-0.2, -0.15) is 0 Å². The van der Waals surface area contributed by atoms with Crippen molar-refractivity contribution >= 4 is 27.3 Å². The van der Waals surface area contributed by atoms with Gasteiger partial charge in [0.05, 0.1) is 16.4 Å². The summed E-state index contributed by atoms with van der Waals surface area (Å²) in [5, 5.41) is 10.9. The zero-order valence-corrected chi connectivity index (χ0v) is 18.3. The van der Waals surface area contributed by atoms with Crippen molar-refractivity contribution in [3.63, 3.8) is 0 Å². The molecule has 3 rings (SSSR count). The van der Waals surface area contributed by atoms with Crippen molar-refractivity contribution in [3.8, 4) is 5.75 Å². The summed E-state index contributed by atoms with van der Waals surface area (Å²) in [5.74, 6) is -0.728. The predicted molar refractivity (Wildman–Crippen MR) is 119 cm³/mol. The van der Waals surface area contributed by atoms with Crippen molar-refractivity contribution in [3.05, 3.63) is 94.3 Å². The number of hydrogen-bond donors (Lipinski definition) is 1. The molecule has 0 heterocycles. The van der Waals surface area contributed by atoms with Gasteiger partial charge >= 0.3 is 0 Å². The summed E-state index contributed by atoms with van der Waals surface area (Å²) in [4.78, 5) is 23.9. The third kappa shape index (κ3) is 6.04. The van der Waals surface area contributed by atoms with Crippen molar-refractivity contribution in [2.45, 2.75) is 4.90 Å². The van der Waals surface area contributed by atoms with Crippen molar-refractivity contribution < 1.29 is 27.3 Å². The van der Waals surface area contributed by atoms with Crippen LogP contribution in [-0.2, 0) is 10.0 Å². The lowest BCUT2D eigenvalue weighted by Crippen LogP contribution is -2.30. The molecule has 3 aromatic carbocycles. The standard InChI is InChI=1S/C22H20FN3O6S/c1-25(13-14-32-21-8-3-2-7-20(21)23)22(27)16-9-11-17(12-10-16)24-33(30,31)19-6-4-5-18(15-19)26(28)29/h2-12,15,24H,13-14H2,1H3. The number of para-hydroxylation sites is 1. The van der Waals surface area contributed by atoms with Gasteiger partial charge in [0.15, 0.2) is 11.6 Å². The molecule has 1 N–H and O–H groups in total. The van der Waals surface area contributed by atoms with Crippen LogP contribution >= 0.6 is 0 Å². The van der Waals surface area contributed by atoms with Crippen LogP contribution in [0.2, 0.25) is 0 Å². The first-order valence-electron chi connectivity index (χ1n) is 9.67. The molecule has 0 radical (unpaired) electrons. The van der Waals surface area contributed by atoms with Crippen LogP contribution in [0.25, 0.3) is 0 Å². The Bertz CT molecular complexity index is 1270. The molecule has 0 saturated carbocycles. The van der Waals surface area contributed by atoms with Crippen molar-refractivity contribution in [1.82, 2.24) is 4.90 Å². The average molecular weight is 473 g/mol. The Morgan fingerprint density at radius 1 is 1.09 bits per heavy atom. The third-order valence-corrected chi connectivity index (χ3v) is 5.97. The molecule has 172 valence electrons. The Hall–Kier alpha value is -3.99. The van der Waals surface area contributed by atoms with E-state index in [4.69, 9.17) is 4.74 Å². The fourth-order valence-corrected chi connectivity index (χ4v) is 3.93. The molecule has 0 unspecified atom stereocenters. The van der Waals surface area contributed by atoms with Gasteiger partial charge in [-0.1, -0.05) is 18.2 Å². The molecular weight excluding hydrogens is 453 g/mol. The number of ether oxygens (including phenoxy) is 1. The van der Waals surface area contributed by atoms with E-state index in [0.29, 0.717) is 5.56 Å². The molecule has 0 aliphatic rings. The summed E-state index contributed by atoms with van der Waals surface area (Å²) in [5.41, 5.74) is 0.145. The van der Waals surface area contributed by atoms with Gasteiger partial charge in [-0.15, -0.1) is 0 Å². The van der Waals surface area contributed by atoms with E-state index in [0.717, 1.165) is 6.07 Å². The minimum Gasteiger partial charge on any atom is -0.489 e. The molecule has 9 nitrogen and oxygen atoms in total. The second-order valence-electron chi connectivity index (χ2n) is 6.94. The van der Waals surface area contributed by atoms with Crippen molar-refractivity contribution in [1.29, 1.82) is 0 Å². The van der Waals surface area contributed by atoms with E-state index in [9.17, 15) is 27.7 Å². The summed E-state index contributed by atoms with van der Waals surface area (Å²) in [7, 11) is -2.50. The Morgan fingerprint density at radius 2 is 1.79 bits per heavy atom. The first-order valence-corrected chi connectivity index (χ1v) is 11.2. The van der Waals surface area contributed by atoms with Crippen LogP contribution in [0.5, 0.6) is 5.75 Å². The van der Waals surface area contributed by atoms with Crippen molar-refractivity contribution in [2.75, 3.05) is 24.9 Å². The maximum Gasteiger partial charge on any atom is 0.270 e. The summed E-state index contributed by atoms with van der Waals surface area (Å²) in [6.07, 6.45) is 0. The monoisotopic (exact) mass is 473 g/mol. The third-order valence-electron chi connectivity index (χ3n) is 4.59. The zero-order valence-electron chi connectivity index (χ0n) is 17.5. The minimum absolute atomic E-state index is 0.0876. The molecule has 0 fully saturated rings. The number of non-ortho nitro benzene ring substituents is 1. The molecule has 0 aliphatic carbocycles. The van der Waals surface area contributed by atoms with Gasteiger partial charge < -0.3 is 9.64 Å². The number of nitrogens with one attached hydrogen (secondary N) is 1. The number of hydrogen-bond acceptors (Lipinski definition) is 6. The van der Waals surface area contributed by atoms with E-state index in [-0.39, 0.29) is 41.1 Å². The van der Waals surface area contributed by atoms with Gasteiger partial charge in [0.1, 0.15) is 6.61 Å². The normalized spacial score (nSPS) is 11.0. The topological polar surface area (TPSA) is 119 Å². The highest BCUT2D eigenvalue weighted by atomic mass is 32.2. The highest BCUT2D eigenvalue weighted by Crippen LogP contribution is 2.21. The van der Waals surface area contributed by atoms with Crippen LogP contribution in [0, 0.1) is 15.9 Å². The van der Waals surface area contributed by atoms with Gasteiger partial charge in [-0.3, -0.25) is 19.6 Å². The molecule has 3 aromatic rings. The Kier molecular flexibility index (Phi) is 7.23. The molecular formula is C22H20FN3O6S. The van der Waals surface area contributed by atoms with Gasteiger partial charge in [-0.05, 0) is 42.5 Å². The first-order chi connectivity index (χ1) is 15.7. The van der Waals surface area contributed by atoms with E-state index in [1.807, 2.05) is 0 Å². The van der Waals surface area contributed by atoms with Gasteiger partial charge in [0, 0.05) is 30.4 Å². The smallest absolute Gasteiger partial charge is 0.270 e. The van der Waals surface area contributed by atoms with Gasteiger partial charge in [0.2, 0.25) is 0 Å². The van der Waals surface area contributed by atoms with Gasteiger partial charge in [-0.25, -0.2) is 12.8 Å². The number of nitrogens with zero attached hydrogens (tertiary/aromatic N) is 2.